The lowest BCUT2D eigenvalue weighted by Crippen LogP contribution is -2.30. The summed E-state index contributed by atoms with van der Waals surface area (Å²) in [5.74, 6) is -0.413. The van der Waals surface area contributed by atoms with Crippen molar-refractivity contribution in [1.82, 2.24) is 9.88 Å². The molecular formula is C16H17ClF3N3OS. The lowest BCUT2D eigenvalue weighted by atomic mass is 10.2. The van der Waals surface area contributed by atoms with E-state index in [1.165, 1.54) is 6.07 Å². The Hall–Kier alpha value is -1.64. The number of hydrogen-bond donors (Lipinski definition) is 1. The van der Waals surface area contributed by atoms with Crippen LogP contribution in [0, 0.1) is 0 Å². The van der Waals surface area contributed by atoms with Crippen molar-refractivity contribution in [2.75, 3.05) is 18.9 Å². The second-order valence-electron chi connectivity index (χ2n) is 5.50. The third-order valence-corrected chi connectivity index (χ3v) is 4.67. The van der Waals surface area contributed by atoms with Gasteiger partial charge < -0.3 is 5.32 Å². The van der Waals surface area contributed by atoms with Gasteiger partial charge in [-0.2, -0.15) is 13.2 Å². The summed E-state index contributed by atoms with van der Waals surface area (Å²) in [6.07, 6.45) is -3.72. The Labute approximate surface area is 152 Å². The van der Waals surface area contributed by atoms with Crippen molar-refractivity contribution in [3.8, 4) is 0 Å². The predicted molar refractivity (Wildman–Crippen MR) is 92.9 cm³/mol. The number of nitrogens with zero attached hydrogens (tertiary/aromatic N) is 2. The summed E-state index contributed by atoms with van der Waals surface area (Å²) >= 11 is 7.12. The first kappa shape index (κ1) is 19.7. The number of alkyl halides is 3. The number of hydrogen-bond acceptors (Lipinski definition) is 4. The molecule has 136 valence electrons. The third-order valence-electron chi connectivity index (χ3n) is 3.30. The molecule has 1 amide bonds. The fourth-order valence-electron chi connectivity index (χ4n) is 2.18. The molecule has 1 aromatic carbocycles. The number of amides is 1. The second-order valence-corrected chi connectivity index (χ2v) is 6.85. The lowest BCUT2D eigenvalue weighted by molar-refractivity contribution is -0.137. The van der Waals surface area contributed by atoms with Crippen LogP contribution in [0.5, 0.6) is 0 Å². The van der Waals surface area contributed by atoms with Crippen LogP contribution >= 0.6 is 22.9 Å². The van der Waals surface area contributed by atoms with E-state index in [4.69, 9.17) is 11.6 Å². The largest absolute Gasteiger partial charge is 0.417 e. The van der Waals surface area contributed by atoms with Crippen LogP contribution in [0.2, 0.25) is 5.02 Å². The molecule has 9 heteroatoms. The highest BCUT2D eigenvalue weighted by molar-refractivity contribution is 7.09. The number of anilines is 1. The summed E-state index contributed by atoms with van der Waals surface area (Å²) in [5.41, 5.74) is -0.0602. The standard InChI is InChI=1S/C16H17ClF3N3OS/c1-3-15-22-11(9-25-15)7-23(2)8-14(24)21-10-4-5-13(17)12(6-10)16(18,19)20/h4-6,9H,3,7-8H2,1-2H3,(H,21,24). The normalized spacial score (nSPS) is 11.8. The maximum absolute atomic E-state index is 12.8. The Balaban J connectivity index is 1.95. The zero-order valence-electron chi connectivity index (χ0n) is 13.7. The van der Waals surface area contributed by atoms with Crippen LogP contribution in [0.3, 0.4) is 0 Å². The molecule has 2 rings (SSSR count). The molecule has 1 N–H and O–H groups in total. The summed E-state index contributed by atoms with van der Waals surface area (Å²) in [7, 11) is 1.74. The first-order valence-corrected chi connectivity index (χ1v) is 8.73. The minimum Gasteiger partial charge on any atom is -0.325 e. The number of thiazole rings is 1. The molecule has 0 bridgehead atoms. The van der Waals surface area contributed by atoms with Crippen molar-refractivity contribution in [3.05, 3.63) is 44.9 Å². The van der Waals surface area contributed by atoms with E-state index >= 15 is 0 Å². The maximum atomic E-state index is 12.8. The Morgan fingerprint density at radius 2 is 2.12 bits per heavy atom. The van der Waals surface area contributed by atoms with Crippen LogP contribution in [0.25, 0.3) is 0 Å². The zero-order valence-corrected chi connectivity index (χ0v) is 15.2. The summed E-state index contributed by atoms with van der Waals surface area (Å²) in [4.78, 5) is 18.2. The zero-order chi connectivity index (χ0) is 18.6. The lowest BCUT2D eigenvalue weighted by Gasteiger charge is -2.16. The number of carbonyl (C=O) groups excluding carboxylic acids is 1. The first-order chi connectivity index (χ1) is 11.7. The highest BCUT2D eigenvalue weighted by atomic mass is 35.5. The molecule has 0 saturated carbocycles. The minimum atomic E-state index is -4.57. The van der Waals surface area contributed by atoms with Gasteiger partial charge in [0.25, 0.3) is 0 Å². The van der Waals surface area contributed by atoms with E-state index in [0.717, 1.165) is 29.3 Å². The van der Waals surface area contributed by atoms with E-state index in [9.17, 15) is 18.0 Å². The Bertz CT molecular complexity index is 748. The molecule has 25 heavy (non-hydrogen) atoms. The minimum absolute atomic E-state index is 0.0307. The number of aromatic nitrogens is 1. The summed E-state index contributed by atoms with van der Waals surface area (Å²) in [6, 6.07) is 3.28. The Morgan fingerprint density at radius 1 is 1.40 bits per heavy atom. The summed E-state index contributed by atoms with van der Waals surface area (Å²) in [6.45, 7) is 2.53. The van der Waals surface area contributed by atoms with Gasteiger partial charge in [-0.1, -0.05) is 18.5 Å². The van der Waals surface area contributed by atoms with E-state index in [1.807, 2.05) is 12.3 Å². The monoisotopic (exact) mass is 391 g/mol. The second kappa shape index (κ2) is 8.16. The Kier molecular flexibility index (Phi) is 6.42. The molecule has 4 nitrogen and oxygen atoms in total. The molecule has 0 radical (unpaired) electrons. The molecule has 0 aliphatic carbocycles. The molecule has 0 unspecified atom stereocenters. The van der Waals surface area contributed by atoms with Crippen molar-refractivity contribution in [1.29, 1.82) is 0 Å². The van der Waals surface area contributed by atoms with Crippen molar-refractivity contribution in [3.63, 3.8) is 0 Å². The highest BCUT2D eigenvalue weighted by Crippen LogP contribution is 2.36. The van der Waals surface area contributed by atoms with Gasteiger partial charge in [-0.05, 0) is 31.7 Å². The smallest absolute Gasteiger partial charge is 0.325 e. The van der Waals surface area contributed by atoms with Crippen LogP contribution in [0.1, 0.15) is 23.2 Å². The fraction of sp³-hybridized carbons (Fsp3) is 0.375. The molecule has 0 aliphatic heterocycles. The van der Waals surface area contributed by atoms with Gasteiger partial charge in [0.2, 0.25) is 5.91 Å². The van der Waals surface area contributed by atoms with Gasteiger partial charge in [0.05, 0.1) is 27.8 Å². The molecule has 0 saturated heterocycles. The van der Waals surface area contributed by atoms with E-state index in [-0.39, 0.29) is 12.2 Å². The molecule has 2 aromatic rings. The molecule has 0 spiro atoms. The number of likely N-dealkylation sites (N-methyl/N-ethyl adjacent to an activating group) is 1. The third kappa shape index (κ3) is 5.69. The van der Waals surface area contributed by atoms with Crippen LogP contribution < -0.4 is 5.32 Å². The topological polar surface area (TPSA) is 45.2 Å². The van der Waals surface area contributed by atoms with Crippen molar-refractivity contribution in [2.45, 2.75) is 26.1 Å². The van der Waals surface area contributed by atoms with Crippen molar-refractivity contribution < 1.29 is 18.0 Å². The fourth-order valence-corrected chi connectivity index (χ4v) is 3.14. The first-order valence-electron chi connectivity index (χ1n) is 7.47. The van der Waals surface area contributed by atoms with Crippen LogP contribution in [0.15, 0.2) is 23.6 Å². The number of halogens is 4. The average Bonchev–Trinajstić information content (AvgIpc) is 2.95. The van der Waals surface area contributed by atoms with Crippen LogP contribution in [-0.2, 0) is 23.9 Å². The van der Waals surface area contributed by atoms with Crippen molar-refractivity contribution >= 4 is 34.5 Å². The molecule has 1 aromatic heterocycles. The van der Waals surface area contributed by atoms with Gasteiger partial charge in [0.1, 0.15) is 0 Å². The average molecular weight is 392 g/mol. The SMILES string of the molecule is CCc1nc(CN(C)CC(=O)Nc2ccc(Cl)c(C(F)(F)F)c2)cs1. The molecular weight excluding hydrogens is 375 g/mol. The number of nitrogens with one attached hydrogen (secondary N) is 1. The van der Waals surface area contributed by atoms with Gasteiger partial charge in [-0.15, -0.1) is 11.3 Å². The Morgan fingerprint density at radius 3 is 2.72 bits per heavy atom. The number of rotatable bonds is 6. The van der Waals surface area contributed by atoms with Gasteiger partial charge in [0.15, 0.2) is 0 Å². The van der Waals surface area contributed by atoms with Crippen molar-refractivity contribution in [2.24, 2.45) is 0 Å². The quantitative estimate of drug-likeness (QED) is 0.791. The molecule has 1 heterocycles. The van der Waals surface area contributed by atoms with Gasteiger partial charge in [-0.3, -0.25) is 9.69 Å². The number of aryl methyl sites for hydroxylation is 1. The van der Waals surface area contributed by atoms with Crippen LogP contribution in [-0.4, -0.2) is 29.4 Å². The maximum Gasteiger partial charge on any atom is 0.417 e. The van der Waals surface area contributed by atoms with E-state index < -0.39 is 22.7 Å². The summed E-state index contributed by atoms with van der Waals surface area (Å²) < 4.78 is 38.5. The van der Waals surface area contributed by atoms with E-state index in [1.54, 1.807) is 23.3 Å². The van der Waals surface area contributed by atoms with Gasteiger partial charge in [-0.25, -0.2) is 4.98 Å². The highest BCUT2D eigenvalue weighted by Gasteiger charge is 2.33. The molecule has 0 atom stereocenters. The predicted octanol–water partition coefficient (Wildman–Crippen LogP) is 4.45. The number of carbonyl (C=O) groups is 1. The van der Waals surface area contributed by atoms with Gasteiger partial charge in [0, 0.05) is 17.6 Å². The van der Waals surface area contributed by atoms with E-state index in [0.29, 0.717) is 6.54 Å². The van der Waals surface area contributed by atoms with E-state index in [2.05, 4.69) is 10.3 Å². The van der Waals surface area contributed by atoms with Gasteiger partial charge >= 0.3 is 6.18 Å². The molecule has 0 fully saturated rings. The number of benzene rings is 1. The summed E-state index contributed by atoms with van der Waals surface area (Å²) in [5, 5.41) is 5.01. The van der Waals surface area contributed by atoms with Crippen LogP contribution in [0.4, 0.5) is 18.9 Å². The molecule has 0 aliphatic rings.